The topological polar surface area (TPSA) is 55.3 Å². The summed E-state index contributed by atoms with van der Waals surface area (Å²) in [5.74, 6) is 0.285. The van der Waals surface area contributed by atoms with Crippen molar-refractivity contribution in [3.05, 3.63) is 24.0 Å². The lowest BCUT2D eigenvalue weighted by molar-refractivity contribution is 0.0504. The van der Waals surface area contributed by atoms with Crippen LogP contribution in [0.15, 0.2) is 18.3 Å². The molecule has 2 N–H and O–H groups in total. The lowest BCUT2D eigenvalue weighted by Crippen LogP contribution is -2.42. The third kappa shape index (κ3) is 3.50. The monoisotopic (exact) mass is 265 g/mol. The Balaban J connectivity index is 2.00. The second-order valence-electron chi connectivity index (χ2n) is 6.06. The van der Waals surface area contributed by atoms with Gasteiger partial charge < -0.3 is 19.9 Å². The maximum Gasteiger partial charge on any atom is 0.407 e. The van der Waals surface area contributed by atoms with E-state index in [4.69, 9.17) is 4.74 Å². The highest BCUT2D eigenvalue weighted by atomic mass is 16.6. The predicted molar refractivity (Wildman–Crippen MR) is 74.2 cm³/mol. The predicted octanol–water partition coefficient (Wildman–Crippen LogP) is 1.61. The van der Waals surface area contributed by atoms with Crippen molar-refractivity contribution < 1.29 is 9.53 Å². The fraction of sp³-hybridized carbons (Fsp3) is 0.643. The number of rotatable bonds is 2. The van der Waals surface area contributed by atoms with Crippen molar-refractivity contribution in [3.8, 4) is 0 Å². The molecule has 0 unspecified atom stereocenters. The third-order valence-corrected chi connectivity index (χ3v) is 3.28. The third-order valence-electron chi connectivity index (χ3n) is 3.28. The summed E-state index contributed by atoms with van der Waals surface area (Å²) in [6.07, 6.45) is 1.68. The quantitative estimate of drug-likeness (QED) is 0.854. The molecule has 1 fully saturated rings. The molecule has 0 radical (unpaired) electrons. The molecule has 0 spiro atoms. The zero-order valence-corrected chi connectivity index (χ0v) is 12.1. The van der Waals surface area contributed by atoms with E-state index in [-0.39, 0.29) is 18.1 Å². The molecule has 0 aromatic carbocycles. The SMILES string of the molecule is Cn1cccc1[C@H]1CNC[C@H]1NC(=O)OC(C)(C)C. The number of hydrogen-bond donors (Lipinski definition) is 2. The van der Waals surface area contributed by atoms with Gasteiger partial charge >= 0.3 is 6.09 Å². The zero-order chi connectivity index (χ0) is 14.0. The molecule has 5 heteroatoms. The van der Waals surface area contributed by atoms with Crippen LogP contribution in [-0.4, -0.2) is 35.4 Å². The Bertz CT molecular complexity index is 448. The number of alkyl carbamates (subject to hydrolysis) is 1. The van der Waals surface area contributed by atoms with Gasteiger partial charge in [0, 0.05) is 37.9 Å². The highest BCUT2D eigenvalue weighted by Crippen LogP contribution is 2.23. The minimum absolute atomic E-state index is 0.0726. The largest absolute Gasteiger partial charge is 0.444 e. The van der Waals surface area contributed by atoms with Gasteiger partial charge in [0.1, 0.15) is 5.60 Å². The molecule has 1 aliphatic rings. The first-order chi connectivity index (χ1) is 8.87. The summed E-state index contributed by atoms with van der Waals surface area (Å²) in [5.41, 5.74) is 0.766. The molecular formula is C14H23N3O2. The van der Waals surface area contributed by atoms with E-state index in [1.165, 1.54) is 5.69 Å². The fourth-order valence-corrected chi connectivity index (χ4v) is 2.46. The second kappa shape index (κ2) is 5.25. The smallest absolute Gasteiger partial charge is 0.407 e. The Morgan fingerprint density at radius 2 is 2.21 bits per heavy atom. The van der Waals surface area contributed by atoms with E-state index in [2.05, 4.69) is 21.3 Å². The molecule has 0 aliphatic carbocycles. The minimum Gasteiger partial charge on any atom is -0.444 e. The molecule has 0 bridgehead atoms. The van der Waals surface area contributed by atoms with E-state index in [0.29, 0.717) is 0 Å². The van der Waals surface area contributed by atoms with Crippen molar-refractivity contribution in [2.45, 2.75) is 38.3 Å². The first-order valence-corrected chi connectivity index (χ1v) is 6.68. The number of amides is 1. The molecule has 2 rings (SSSR count). The maximum atomic E-state index is 11.8. The number of nitrogens with one attached hydrogen (secondary N) is 2. The minimum atomic E-state index is -0.462. The van der Waals surface area contributed by atoms with Gasteiger partial charge in [0.2, 0.25) is 0 Å². The highest BCUT2D eigenvalue weighted by molar-refractivity contribution is 5.68. The lowest BCUT2D eigenvalue weighted by Gasteiger charge is -2.24. The van der Waals surface area contributed by atoms with Gasteiger partial charge in [-0.1, -0.05) is 0 Å². The number of ether oxygens (including phenoxy) is 1. The molecule has 0 saturated carbocycles. The second-order valence-corrected chi connectivity index (χ2v) is 6.06. The van der Waals surface area contributed by atoms with E-state index in [0.717, 1.165) is 13.1 Å². The van der Waals surface area contributed by atoms with Crippen molar-refractivity contribution in [2.75, 3.05) is 13.1 Å². The van der Waals surface area contributed by atoms with Gasteiger partial charge in [0.15, 0.2) is 0 Å². The van der Waals surface area contributed by atoms with Crippen LogP contribution in [-0.2, 0) is 11.8 Å². The van der Waals surface area contributed by atoms with Gasteiger partial charge in [0.05, 0.1) is 6.04 Å². The molecule has 1 aromatic rings. The Kier molecular flexibility index (Phi) is 3.85. The number of hydrogen-bond acceptors (Lipinski definition) is 3. The Hall–Kier alpha value is -1.49. The van der Waals surface area contributed by atoms with Gasteiger partial charge in [0.25, 0.3) is 0 Å². The summed E-state index contributed by atoms with van der Waals surface area (Å²) in [7, 11) is 2.03. The maximum absolute atomic E-state index is 11.8. The number of nitrogens with zero attached hydrogens (tertiary/aromatic N) is 1. The normalized spacial score (nSPS) is 23.4. The molecular weight excluding hydrogens is 242 g/mol. The van der Waals surface area contributed by atoms with Crippen LogP contribution >= 0.6 is 0 Å². The summed E-state index contributed by atoms with van der Waals surface area (Å²) in [4.78, 5) is 11.8. The van der Waals surface area contributed by atoms with Crippen LogP contribution in [0.25, 0.3) is 0 Å². The van der Waals surface area contributed by atoms with Gasteiger partial charge in [-0.25, -0.2) is 4.79 Å². The summed E-state index contributed by atoms with van der Waals surface area (Å²) in [5, 5.41) is 6.29. The van der Waals surface area contributed by atoms with Crippen LogP contribution in [0, 0.1) is 0 Å². The summed E-state index contributed by atoms with van der Waals surface area (Å²) in [6.45, 7) is 7.25. The van der Waals surface area contributed by atoms with Gasteiger partial charge in [-0.2, -0.15) is 0 Å². The molecule has 19 heavy (non-hydrogen) atoms. The average Bonchev–Trinajstić information content (AvgIpc) is 2.83. The average molecular weight is 265 g/mol. The number of aromatic nitrogens is 1. The van der Waals surface area contributed by atoms with Crippen molar-refractivity contribution in [1.29, 1.82) is 0 Å². The molecule has 106 valence electrons. The lowest BCUT2D eigenvalue weighted by atomic mass is 10.00. The van der Waals surface area contributed by atoms with Crippen LogP contribution < -0.4 is 10.6 Å². The molecule has 1 amide bonds. The summed E-state index contributed by atoms with van der Waals surface area (Å²) >= 11 is 0. The van der Waals surface area contributed by atoms with Crippen molar-refractivity contribution in [2.24, 2.45) is 7.05 Å². The number of carbonyl (C=O) groups is 1. The molecule has 1 aliphatic heterocycles. The van der Waals surface area contributed by atoms with Gasteiger partial charge in [-0.15, -0.1) is 0 Å². The molecule has 1 aromatic heterocycles. The zero-order valence-electron chi connectivity index (χ0n) is 12.1. The van der Waals surface area contributed by atoms with E-state index >= 15 is 0 Å². The van der Waals surface area contributed by atoms with Crippen LogP contribution in [0.4, 0.5) is 4.79 Å². The Morgan fingerprint density at radius 3 is 2.79 bits per heavy atom. The highest BCUT2D eigenvalue weighted by Gasteiger charge is 2.32. The number of aryl methyl sites for hydroxylation is 1. The van der Waals surface area contributed by atoms with Crippen molar-refractivity contribution >= 4 is 6.09 Å². The molecule has 2 heterocycles. The molecule has 2 atom stereocenters. The Morgan fingerprint density at radius 1 is 1.47 bits per heavy atom. The van der Waals surface area contributed by atoms with E-state index < -0.39 is 5.60 Å². The van der Waals surface area contributed by atoms with E-state index in [9.17, 15) is 4.79 Å². The molecule has 5 nitrogen and oxygen atoms in total. The van der Waals surface area contributed by atoms with Crippen LogP contribution in [0.5, 0.6) is 0 Å². The summed E-state index contributed by atoms with van der Waals surface area (Å²) in [6, 6.07) is 4.20. The van der Waals surface area contributed by atoms with Crippen LogP contribution in [0.3, 0.4) is 0 Å². The fourth-order valence-electron chi connectivity index (χ4n) is 2.46. The van der Waals surface area contributed by atoms with E-state index in [1.807, 2.05) is 40.1 Å². The number of carbonyl (C=O) groups excluding carboxylic acids is 1. The van der Waals surface area contributed by atoms with E-state index in [1.54, 1.807) is 0 Å². The van der Waals surface area contributed by atoms with Gasteiger partial charge in [-0.05, 0) is 32.9 Å². The van der Waals surface area contributed by atoms with Crippen LogP contribution in [0.1, 0.15) is 32.4 Å². The standard InChI is InChI=1S/C14H23N3O2/c1-14(2,3)19-13(18)16-11-9-15-8-10(11)12-6-5-7-17(12)4/h5-7,10-11,15H,8-9H2,1-4H3,(H,16,18)/t10-,11+/m0/s1. The van der Waals surface area contributed by atoms with Crippen LogP contribution in [0.2, 0.25) is 0 Å². The van der Waals surface area contributed by atoms with Crippen molar-refractivity contribution in [3.63, 3.8) is 0 Å². The van der Waals surface area contributed by atoms with Gasteiger partial charge in [-0.3, -0.25) is 0 Å². The summed E-state index contributed by atoms with van der Waals surface area (Å²) < 4.78 is 7.41. The first kappa shape index (κ1) is 13.9. The Labute approximate surface area is 114 Å². The first-order valence-electron chi connectivity index (χ1n) is 6.68. The molecule has 1 saturated heterocycles. The van der Waals surface area contributed by atoms with Crippen molar-refractivity contribution in [1.82, 2.24) is 15.2 Å².